The molecule has 8 heteroatoms. The lowest BCUT2D eigenvalue weighted by Gasteiger charge is -2.27. The summed E-state index contributed by atoms with van der Waals surface area (Å²) in [5.74, 6) is 0.870. The molecule has 1 N–H and O–H groups in total. The summed E-state index contributed by atoms with van der Waals surface area (Å²) in [6.07, 6.45) is 0.386. The van der Waals surface area contributed by atoms with Gasteiger partial charge in [0.05, 0.1) is 17.7 Å². The Morgan fingerprint density at radius 1 is 1.35 bits per heavy atom. The average molecular weight is 387 g/mol. The largest absolute Gasteiger partial charge is 0.490 e. The SMILES string of the molecule is CCOc1cc([C@@H]2NC(=O)CC[C@H]2[N+](=O)[O-])cc(Br)c1OCC. The summed E-state index contributed by atoms with van der Waals surface area (Å²) in [6, 6.07) is 1.90. The van der Waals surface area contributed by atoms with Crippen LogP contribution in [0.4, 0.5) is 0 Å². The van der Waals surface area contributed by atoms with Gasteiger partial charge in [0.1, 0.15) is 6.04 Å². The van der Waals surface area contributed by atoms with Crippen molar-refractivity contribution in [2.45, 2.75) is 38.8 Å². The zero-order valence-corrected chi connectivity index (χ0v) is 14.6. The molecule has 0 spiro atoms. The monoisotopic (exact) mass is 386 g/mol. The van der Waals surface area contributed by atoms with Crippen molar-refractivity contribution in [3.8, 4) is 11.5 Å². The maximum atomic E-state index is 11.7. The van der Waals surface area contributed by atoms with Gasteiger partial charge in [-0.15, -0.1) is 0 Å². The molecule has 1 amide bonds. The normalized spacial score (nSPS) is 20.7. The number of carbonyl (C=O) groups is 1. The lowest BCUT2D eigenvalue weighted by atomic mass is 9.92. The molecule has 0 bridgehead atoms. The second-order valence-electron chi connectivity index (χ2n) is 5.13. The number of ether oxygens (including phenoxy) is 2. The summed E-state index contributed by atoms with van der Waals surface area (Å²) in [5, 5.41) is 14.0. The minimum Gasteiger partial charge on any atom is -0.490 e. The van der Waals surface area contributed by atoms with E-state index in [1.165, 1.54) is 0 Å². The standard InChI is InChI=1S/C15H19BrN2O5/c1-3-22-12-8-9(7-10(16)15(12)23-4-2)14-11(18(20)21)5-6-13(19)17-14/h7-8,11,14H,3-6H2,1-2H3,(H,17,19)/t11-,14+/m1/s1. The minimum atomic E-state index is -0.855. The Morgan fingerprint density at radius 2 is 2.04 bits per heavy atom. The number of hydrogen-bond donors (Lipinski definition) is 1. The van der Waals surface area contributed by atoms with Gasteiger partial charge < -0.3 is 14.8 Å². The molecule has 1 aliphatic heterocycles. The third-order valence-electron chi connectivity index (χ3n) is 3.62. The third kappa shape index (κ3) is 3.93. The van der Waals surface area contributed by atoms with Crippen LogP contribution in [0.1, 0.15) is 38.3 Å². The first-order chi connectivity index (χ1) is 11.0. The topological polar surface area (TPSA) is 90.7 Å². The van der Waals surface area contributed by atoms with Crippen LogP contribution in [0.5, 0.6) is 11.5 Å². The van der Waals surface area contributed by atoms with Crippen LogP contribution in [-0.2, 0) is 4.79 Å². The Hall–Kier alpha value is -1.83. The maximum absolute atomic E-state index is 11.7. The highest BCUT2D eigenvalue weighted by Gasteiger charge is 2.38. The van der Waals surface area contributed by atoms with Crippen LogP contribution in [-0.4, -0.2) is 30.1 Å². The van der Waals surface area contributed by atoms with Crippen molar-refractivity contribution < 1.29 is 19.2 Å². The fourth-order valence-corrected chi connectivity index (χ4v) is 3.21. The molecule has 1 heterocycles. The number of nitrogens with zero attached hydrogens (tertiary/aromatic N) is 1. The Balaban J connectivity index is 2.44. The molecule has 23 heavy (non-hydrogen) atoms. The van der Waals surface area contributed by atoms with Crippen LogP contribution in [0.15, 0.2) is 16.6 Å². The smallest absolute Gasteiger partial charge is 0.237 e. The molecule has 2 atom stereocenters. The van der Waals surface area contributed by atoms with Crippen LogP contribution in [0.2, 0.25) is 0 Å². The van der Waals surface area contributed by atoms with Crippen molar-refractivity contribution in [3.63, 3.8) is 0 Å². The lowest BCUT2D eigenvalue weighted by molar-refractivity contribution is -0.529. The molecular weight excluding hydrogens is 368 g/mol. The van der Waals surface area contributed by atoms with Gasteiger partial charge in [0.2, 0.25) is 11.9 Å². The first kappa shape index (κ1) is 17.5. The van der Waals surface area contributed by atoms with Gasteiger partial charge in [0.15, 0.2) is 11.5 Å². The summed E-state index contributed by atoms with van der Waals surface area (Å²) in [7, 11) is 0. The number of benzene rings is 1. The van der Waals surface area contributed by atoms with E-state index in [2.05, 4.69) is 21.2 Å². The van der Waals surface area contributed by atoms with Gasteiger partial charge in [-0.3, -0.25) is 14.9 Å². The predicted octanol–water partition coefficient (Wildman–Crippen LogP) is 2.84. The third-order valence-corrected chi connectivity index (χ3v) is 4.21. The van der Waals surface area contributed by atoms with Crippen LogP contribution in [0, 0.1) is 10.1 Å². The number of hydrogen-bond acceptors (Lipinski definition) is 5. The van der Waals surface area contributed by atoms with Crippen molar-refractivity contribution in [1.29, 1.82) is 0 Å². The quantitative estimate of drug-likeness (QED) is 0.599. The Morgan fingerprint density at radius 3 is 2.65 bits per heavy atom. The average Bonchev–Trinajstić information content (AvgIpc) is 2.50. The number of nitro groups is 1. The number of nitrogens with one attached hydrogen (secondary N) is 1. The fraction of sp³-hybridized carbons (Fsp3) is 0.533. The van der Waals surface area contributed by atoms with Crippen molar-refractivity contribution in [2.75, 3.05) is 13.2 Å². The molecule has 1 aromatic rings. The van der Waals surface area contributed by atoms with Gasteiger partial charge >= 0.3 is 0 Å². The van der Waals surface area contributed by atoms with E-state index in [0.717, 1.165) is 0 Å². The Bertz CT molecular complexity index is 608. The Kier molecular flexibility index (Phi) is 5.81. The number of rotatable bonds is 6. The van der Waals surface area contributed by atoms with E-state index in [1.807, 2.05) is 13.8 Å². The van der Waals surface area contributed by atoms with Crippen molar-refractivity contribution in [2.24, 2.45) is 0 Å². The van der Waals surface area contributed by atoms with Crippen LogP contribution < -0.4 is 14.8 Å². The molecule has 0 unspecified atom stereocenters. The summed E-state index contributed by atoms with van der Waals surface area (Å²) < 4.78 is 11.8. The number of halogens is 1. The van der Waals surface area contributed by atoms with E-state index in [0.29, 0.717) is 34.7 Å². The lowest BCUT2D eigenvalue weighted by Crippen LogP contribution is -2.45. The van der Waals surface area contributed by atoms with Crippen LogP contribution >= 0.6 is 15.9 Å². The van der Waals surface area contributed by atoms with Crippen molar-refractivity contribution >= 4 is 21.8 Å². The summed E-state index contributed by atoms with van der Waals surface area (Å²) in [4.78, 5) is 22.6. The summed E-state index contributed by atoms with van der Waals surface area (Å²) in [6.45, 7) is 4.61. The van der Waals surface area contributed by atoms with E-state index in [4.69, 9.17) is 9.47 Å². The number of carbonyl (C=O) groups excluding carboxylic acids is 1. The van der Waals surface area contributed by atoms with Crippen LogP contribution in [0.25, 0.3) is 0 Å². The molecule has 1 aliphatic rings. The minimum absolute atomic E-state index is 0.165. The number of amides is 1. The summed E-state index contributed by atoms with van der Waals surface area (Å²) in [5.41, 5.74) is 0.624. The number of piperidine rings is 1. The molecular formula is C15H19BrN2O5. The fourth-order valence-electron chi connectivity index (χ4n) is 2.63. The van der Waals surface area contributed by atoms with E-state index in [-0.39, 0.29) is 23.7 Å². The molecule has 0 radical (unpaired) electrons. The van der Waals surface area contributed by atoms with Gasteiger partial charge in [-0.2, -0.15) is 0 Å². The summed E-state index contributed by atoms with van der Waals surface area (Å²) >= 11 is 3.42. The zero-order valence-electron chi connectivity index (χ0n) is 13.0. The second kappa shape index (κ2) is 7.63. The molecule has 2 rings (SSSR count). The molecule has 1 aromatic carbocycles. The van der Waals surface area contributed by atoms with E-state index < -0.39 is 12.1 Å². The van der Waals surface area contributed by atoms with E-state index in [1.54, 1.807) is 12.1 Å². The zero-order chi connectivity index (χ0) is 17.0. The molecule has 7 nitrogen and oxygen atoms in total. The van der Waals surface area contributed by atoms with Gasteiger partial charge in [0, 0.05) is 17.8 Å². The van der Waals surface area contributed by atoms with Crippen LogP contribution in [0.3, 0.4) is 0 Å². The van der Waals surface area contributed by atoms with E-state index in [9.17, 15) is 14.9 Å². The first-order valence-electron chi connectivity index (χ1n) is 7.49. The van der Waals surface area contributed by atoms with Gasteiger partial charge in [-0.25, -0.2) is 0 Å². The van der Waals surface area contributed by atoms with Gasteiger partial charge in [0.25, 0.3) is 0 Å². The molecule has 0 saturated carbocycles. The molecule has 126 valence electrons. The highest BCUT2D eigenvalue weighted by molar-refractivity contribution is 9.10. The van der Waals surface area contributed by atoms with E-state index >= 15 is 0 Å². The van der Waals surface area contributed by atoms with Crippen molar-refractivity contribution in [1.82, 2.24) is 5.32 Å². The van der Waals surface area contributed by atoms with Gasteiger partial charge in [-0.05, 0) is 47.5 Å². The molecule has 1 saturated heterocycles. The molecule has 0 aromatic heterocycles. The van der Waals surface area contributed by atoms with Gasteiger partial charge in [-0.1, -0.05) is 0 Å². The second-order valence-corrected chi connectivity index (χ2v) is 5.99. The molecule has 1 fully saturated rings. The highest BCUT2D eigenvalue weighted by Crippen LogP contribution is 2.40. The van der Waals surface area contributed by atoms with Crippen molar-refractivity contribution in [3.05, 3.63) is 32.3 Å². The highest BCUT2D eigenvalue weighted by atomic mass is 79.9. The Labute approximate surface area is 142 Å². The first-order valence-corrected chi connectivity index (χ1v) is 8.29. The maximum Gasteiger partial charge on any atom is 0.237 e. The predicted molar refractivity (Wildman–Crippen MR) is 87.4 cm³/mol. The molecule has 0 aliphatic carbocycles.